The van der Waals surface area contributed by atoms with Crippen LogP contribution in [0.25, 0.3) is 5.95 Å². The molecule has 0 aliphatic heterocycles. The van der Waals surface area contributed by atoms with E-state index in [1.165, 1.54) is 17.1 Å². The van der Waals surface area contributed by atoms with E-state index in [1.54, 1.807) is 19.0 Å². The molecule has 9 nitrogen and oxygen atoms in total. The summed E-state index contributed by atoms with van der Waals surface area (Å²) in [6, 6.07) is 0. The van der Waals surface area contributed by atoms with Crippen molar-refractivity contribution in [2.45, 2.75) is 0 Å². The average molecular weight is 248 g/mol. The van der Waals surface area contributed by atoms with Gasteiger partial charge >= 0.3 is 0 Å². The van der Waals surface area contributed by atoms with E-state index in [0.29, 0.717) is 5.95 Å². The van der Waals surface area contributed by atoms with Gasteiger partial charge in [-0.05, 0) is 0 Å². The number of amides is 1. The van der Waals surface area contributed by atoms with Crippen molar-refractivity contribution in [3.8, 4) is 5.95 Å². The Bertz CT molecular complexity index is 590. The predicted octanol–water partition coefficient (Wildman–Crippen LogP) is -1.20. The SMILES string of the molecule is CN(C)c1nc(N)nc(-n2cc(C(N)=O)cn2)n1. The highest BCUT2D eigenvalue weighted by molar-refractivity contribution is 5.92. The van der Waals surface area contributed by atoms with Gasteiger partial charge in [-0.15, -0.1) is 0 Å². The smallest absolute Gasteiger partial charge is 0.257 e. The topological polar surface area (TPSA) is 129 Å². The number of nitrogen functional groups attached to an aromatic ring is 1. The number of aromatic nitrogens is 5. The number of hydrogen-bond acceptors (Lipinski definition) is 7. The van der Waals surface area contributed by atoms with Crippen LogP contribution in [0.2, 0.25) is 0 Å². The van der Waals surface area contributed by atoms with Gasteiger partial charge in [-0.25, -0.2) is 4.68 Å². The Kier molecular flexibility index (Phi) is 2.80. The average Bonchev–Trinajstić information content (AvgIpc) is 2.77. The van der Waals surface area contributed by atoms with E-state index < -0.39 is 5.91 Å². The number of primary amides is 1. The van der Waals surface area contributed by atoms with Gasteiger partial charge in [0.15, 0.2) is 0 Å². The van der Waals surface area contributed by atoms with E-state index in [0.717, 1.165) is 0 Å². The van der Waals surface area contributed by atoms with E-state index in [1.807, 2.05) is 0 Å². The standard InChI is InChI=1S/C9H12N8O/c1-16(2)8-13-7(11)14-9(15-8)17-4-5(3-12-17)6(10)18/h3-4H,1-2H3,(H2,10,18)(H2,11,13,14,15). The molecule has 4 N–H and O–H groups in total. The fourth-order valence-corrected chi connectivity index (χ4v) is 1.23. The van der Waals surface area contributed by atoms with Crippen molar-refractivity contribution in [1.29, 1.82) is 0 Å². The first kappa shape index (κ1) is 11.8. The van der Waals surface area contributed by atoms with Crippen LogP contribution in [0.3, 0.4) is 0 Å². The number of nitrogens with two attached hydrogens (primary N) is 2. The molecular formula is C9H12N8O. The van der Waals surface area contributed by atoms with E-state index in [2.05, 4.69) is 20.1 Å². The minimum atomic E-state index is -0.573. The van der Waals surface area contributed by atoms with Crippen molar-refractivity contribution in [2.75, 3.05) is 24.7 Å². The minimum Gasteiger partial charge on any atom is -0.368 e. The van der Waals surface area contributed by atoms with Crippen LogP contribution in [0, 0.1) is 0 Å². The first-order valence-electron chi connectivity index (χ1n) is 5.01. The number of anilines is 2. The lowest BCUT2D eigenvalue weighted by atomic mass is 10.4. The minimum absolute atomic E-state index is 0.0693. The number of carbonyl (C=O) groups excluding carboxylic acids is 1. The fraction of sp³-hybridized carbons (Fsp3) is 0.222. The molecule has 2 aromatic rings. The third kappa shape index (κ3) is 2.19. The second kappa shape index (κ2) is 4.28. The third-order valence-corrected chi connectivity index (χ3v) is 2.10. The Morgan fingerprint density at radius 2 is 2.06 bits per heavy atom. The van der Waals surface area contributed by atoms with Crippen LogP contribution in [0.4, 0.5) is 11.9 Å². The summed E-state index contributed by atoms with van der Waals surface area (Å²) in [7, 11) is 3.55. The lowest BCUT2D eigenvalue weighted by Crippen LogP contribution is -2.17. The van der Waals surface area contributed by atoms with Gasteiger partial charge in [-0.3, -0.25) is 4.79 Å². The maximum atomic E-state index is 11.0. The van der Waals surface area contributed by atoms with Crippen LogP contribution in [-0.2, 0) is 0 Å². The summed E-state index contributed by atoms with van der Waals surface area (Å²) >= 11 is 0. The van der Waals surface area contributed by atoms with E-state index >= 15 is 0 Å². The molecule has 0 aliphatic rings. The molecule has 1 amide bonds. The molecule has 0 unspecified atom stereocenters. The van der Waals surface area contributed by atoms with Crippen molar-refractivity contribution in [3.05, 3.63) is 18.0 Å². The normalized spacial score (nSPS) is 10.3. The van der Waals surface area contributed by atoms with Gasteiger partial charge in [-0.1, -0.05) is 0 Å². The highest BCUT2D eigenvalue weighted by atomic mass is 16.1. The zero-order valence-electron chi connectivity index (χ0n) is 9.90. The monoisotopic (exact) mass is 248 g/mol. The van der Waals surface area contributed by atoms with E-state index in [4.69, 9.17) is 11.5 Å². The van der Waals surface area contributed by atoms with Crippen molar-refractivity contribution in [1.82, 2.24) is 24.7 Å². The van der Waals surface area contributed by atoms with E-state index in [-0.39, 0.29) is 17.5 Å². The molecule has 9 heteroatoms. The second-order valence-electron chi connectivity index (χ2n) is 3.73. The Morgan fingerprint density at radius 3 is 2.61 bits per heavy atom. The molecular weight excluding hydrogens is 236 g/mol. The van der Waals surface area contributed by atoms with Crippen LogP contribution >= 0.6 is 0 Å². The fourth-order valence-electron chi connectivity index (χ4n) is 1.23. The van der Waals surface area contributed by atoms with Gasteiger partial charge in [0.1, 0.15) is 0 Å². The van der Waals surface area contributed by atoms with Crippen molar-refractivity contribution in [2.24, 2.45) is 5.73 Å². The summed E-state index contributed by atoms with van der Waals surface area (Å²) in [4.78, 5) is 24.7. The maximum Gasteiger partial charge on any atom is 0.257 e. The molecule has 0 atom stereocenters. The molecule has 94 valence electrons. The first-order chi connectivity index (χ1) is 8.47. The molecule has 0 saturated carbocycles. The quantitative estimate of drug-likeness (QED) is 0.698. The highest BCUT2D eigenvalue weighted by Crippen LogP contribution is 2.09. The van der Waals surface area contributed by atoms with Gasteiger partial charge in [0, 0.05) is 20.3 Å². The molecule has 2 heterocycles. The Labute approximate surface area is 102 Å². The molecule has 0 bridgehead atoms. The Morgan fingerprint density at radius 1 is 1.33 bits per heavy atom. The van der Waals surface area contributed by atoms with Crippen LogP contribution in [0.1, 0.15) is 10.4 Å². The van der Waals surface area contributed by atoms with Crippen molar-refractivity contribution < 1.29 is 4.79 Å². The number of nitrogens with zero attached hydrogens (tertiary/aromatic N) is 6. The number of hydrogen-bond donors (Lipinski definition) is 2. The van der Waals surface area contributed by atoms with E-state index in [9.17, 15) is 4.79 Å². The molecule has 0 saturated heterocycles. The van der Waals surface area contributed by atoms with Gasteiger partial charge < -0.3 is 16.4 Å². The first-order valence-corrected chi connectivity index (χ1v) is 5.01. The lowest BCUT2D eigenvalue weighted by molar-refractivity contribution is 0.100. The van der Waals surface area contributed by atoms with Crippen LogP contribution in [0.5, 0.6) is 0 Å². The molecule has 2 rings (SSSR count). The zero-order chi connectivity index (χ0) is 13.3. The van der Waals surface area contributed by atoms with Crippen molar-refractivity contribution in [3.63, 3.8) is 0 Å². The summed E-state index contributed by atoms with van der Waals surface area (Å²) < 4.78 is 1.31. The van der Waals surface area contributed by atoms with Crippen molar-refractivity contribution >= 4 is 17.8 Å². The van der Waals surface area contributed by atoms with Crippen LogP contribution in [-0.4, -0.2) is 44.7 Å². The Balaban J connectivity index is 2.46. The van der Waals surface area contributed by atoms with Crippen LogP contribution < -0.4 is 16.4 Å². The highest BCUT2D eigenvalue weighted by Gasteiger charge is 2.11. The molecule has 0 spiro atoms. The van der Waals surface area contributed by atoms with Gasteiger partial charge in [0.25, 0.3) is 11.9 Å². The molecule has 0 radical (unpaired) electrons. The number of rotatable bonds is 3. The maximum absolute atomic E-state index is 11.0. The molecule has 2 aromatic heterocycles. The molecule has 0 fully saturated rings. The summed E-state index contributed by atoms with van der Waals surface area (Å²) in [5.74, 6) is 0.114. The number of carbonyl (C=O) groups is 1. The summed E-state index contributed by atoms with van der Waals surface area (Å²) in [5, 5.41) is 3.94. The summed E-state index contributed by atoms with van der Waals surface area (Å²) in [5.41, 5.74) is 11.0. The molecule has 0 aliphatic carbocycles. The van der Waals surface area contributed by atoms with Gasteiger partial charge in [0.05, 0.1) is 11.8 Å². The third-order valence-electron chi connectivity index (χ3n) is 2.10. The lowest BCUT2D eigenvalue weighted by Gasteiger charge is -2.10. The molecule has 18 heavy (non-hydrogen) atoms. The summed E-state index contributed by atoms with van der Waals surface area (Å²) in [6.45, 7) is 0. The Hall–Kier alpha value is -2.71. The zero-order valence-corrected chi connectivity index (χ0v) is 9.90. The second-order valence-corrected chi connectivity index (χ2v) is 3.73. The van der Waals surface area contributed by atoms with Crippen LogP contribution in [0.15, 0.2) is 12.4 Å². The predicted molar refractivity (Wildman–Crippen MR) is 64.2 cm³/mol. The van der Waals surface area contributed by atoms with Gasteiger partial charge in [-0.2, -0.15) is 20.1 Å². The summed E-state index contributed by atoms with van der Waals surface area (Å²) in [6.07, 6.45) is 2.76. The molecule has 0 aromatic carbocycles. The van der Waals surface area contributed by atoms with Gasteiger partial charge in [0.2, 0.25) is 11.9 Å². The largest absolute Gasteiger partial charge is 0.368 e.